The van der Waals surface area contributed by atoms with E-state index in [-0.39, 0.29) is 18.0 Å². The van der Waals surface area contributed by atoms with E-state index < -0.39 is 21.1 Å². The van der Waals surface area contributed by atoms with Gasteiger partial charge in [-0.3, -0.25) is 4.79 Å². The van der Waals surface area contributed by atoms with E-state index in [0.717, 1.165) is 0 Å². The third-order valence-electron chi connectivity index (χ3n) is 2.86. The molecule has 0 saturated carbocycles. The summed E-state index contributed by atoms with van der Waals surface area (Å²) in [5, 5.41) is -0.460. The number of ketones is 1. The second-order valence-corrected chi connectivity index (χ2v) is 7.20. The molecular formula is C13H19NO3S. The molecule has 1 aromatic carbocycles. The van der Waals surface area contributed by atoms with E-state index in [1.54, 1.807) is 38.1 Å². The van der Waals surface area contributed by atoms with Crippen molar-refractivity contribution in [2.75, 3.05) is 5.75 Å². The summed E-state index contributed by atoms with van der Waals surface area (Å²) < 4.78 is 23.2. The van der Waals surface area contributed by atoms with Gasteiger partial charge in [-0.05, 0) is 19.4 Å². The Balaban J connectivity index is 2.62. The van der Waals surface area contributed by atoms with E-state index in [1.165, 1.54) is 0 Å². The van der Waals surface area contributed by atoms with Gasteiger partial charge in [0.1, 0.15) is 0 Å². The van der Waals surface area contributed by atoms with Crippen molar-refractivity contribution in [3.8, 4) is 0 Å². The summed E-state index contributed by atoms with van der Waals surface area (Å²) in [5.41, 5.74) is 6.51. The lowest BCUT2D eigenvalue weighted by atomic mass is 10.0. The van der Waals surface area contributed by atoms with E-state index in [0.29, 0.717) is 5.56 Å². The highest BCUT2D eigenvalue weighted by Gasteiger charge is 2.21. The summed E-state index contributed by atoms with van der Waals surface area (Å²) in [6, 6.07) is 8.22. The predicted molar refractivity (Wildman–Crippen MR) is 71.9 cm³/mol. The zero-order chi connectivity index (χ0) is 13.8. The van der Waals surface area contributed by atoms with Crippen LogP contribution in [0.25, 0.3) is 0 Å². The van der Waals surface area contributed by atoms with Gasteiger partial charge in [0.15, 0.2) is 15.6 Å². The van der Waals surface area contributed by atoms with Crippen LogP contribution in [0.5, 0.6) is 0 Å². The molecule has 2 N–H and O–H groups in total. The van der Waals surface area contributed by atoms with Crippen LogP contribution < -0.4 is 5.73 Å². The zero-order valence-electron chi connectivity index (χ0n) is 10.7. The molecule has 0 spiro atoms. The van der Waals surface area contributed by atoms with E-state index in [4.69, 9.17) is 5.73 Å². The van der Waals surface area contributed by atoms with Crippen molar-refractivity contribution < 1.29 is 13.2 Å². The summed E-state index contributed by atoms with van der Waals surface area (Å²) in [7, 11) is -3.19. The van der Waals surface area contributed by atoms with Crippen LogP contribution in [0, 0.1) is 0 Å². The summed E-state index contributed by atoms with van der Waals surface area (Å²) in [6.45, 7) is 3.22. The Morgan fingerprint density at radius 1 is 1.22 bits per heavy atom. The Hall–Kier alpha value is -1.20. The predicted octanol–water partition coefficient (Wildman–Crippen LogP) is 1.47. The fraction of sp³-hybridized carbons (Fsp3) is 0.462. The van der Waals surface area contributed by atoms with Crippen LogP contribution in [0.4, 0.5) is 0 Å². The third kappa shape index (κ3) is 3.92. The molecule has 0 heterocycles. The van der Waals surface area contributed by atoms with Crippen LogP contribution in [0.3, 0.4) is 0 Å². The Labute approximate surface area is 108 Å². The molecule has 18 heavy (non-hydrogen) atoms. The SMILES string of the molecule is CC(C)S(=O)(=O)CCC(=O)[C@H](N)c1ccccc1. The summed E-state index contributed by atoms with van der Waals surface area (Å²) in [5.74, 6) is -0.380. The topological polar surface area (TPSA) is 77.2 Å². The van der Waals surface area contributed by atoms with Gasteiger partial charge in [-0.1, -0.05) is 30.3 Å². The molecule has 100 valence electrons. The maximum absolute atomic E-state index is 11.8. The van der Waals surface area contributed by atoms with Crippen LogP contribution in [-0.2, 0) is 14.6 Å². The molecular weight excluding hydrogens is 250 g/mol. The highest BCUT2D eigenvalue weighted by atomic mass is 32.2. The first kappa shape index (κ1) is 14.9. The van der Waals surface area contributed by atoms with Crippen molar-refractivity contribution in [3.63, 3.8) is 0 Å². The van der Waals surface area contributed by atoms with Gasteiger partial charge in [-0.15, -0.1) is 0 Å². The van der Waals surface area contributed by atoms with Crippen LogP contribution >= 0.6 is 0 Å². The molecule has 0 bridgehead atoms. The number of benzene rings is 1. The molecule has 0 saturated heterocycles. The van der Waals surface area contributed by atoms with Crippen LogP contribution in [0.1, 0.15) is 31.9 Å². The maximum Gasteiger partial charge on any atom is 0.155 e. The Kier molecular flexibility index (Phi) is 5.04. The first-order chi connectivity index (χ1) is 8.34. The molecule has 0 unspecified atom stereocenters. The fourth-order valence-electron chi connectivity index (χ4n) is 1.48. The van der Waals surface area contributed by atoms with Crippen molar-refractivity contribution >= 4 is 15.6 Å². The number of carbonyl (C=O) groups excluding carboxylic acids is 1. The average Bonchev–Trinajstić information content (AvgIpc) is 2.36. The van der Waals surface area contributed by atoms with Gasteiger partial charge in [-0.2, -0.15) is 0 Å². The van der Waals surface area contributed by atoms with Gasteiger partial charge in [0, 0.05) is 6.42 Å². The van der Waals surface area contributed by atoms with Gasteiger partial charge < -0.3 is 5.73 Å². The Bertz CT molecular complexity index is 494. The smallest absolute Gasteiger partial charge is 0.155 e. The minimum Gasteiger partial charge on any atom is -0.318 e. The molecule has 1 atom stereocenters. The first-order valence-electron chi connectivity index (χ1n) is 5.89. The second kappa shape index (κ2) is 6.11. The normalized spacial score (nSPS) is 13.6. The Morgan fingerprint density at radius 2 is 1.78 bits per heavy atom. The molecule has 0 aliphatic heterocycles. The molecule has 0 aliphatic carbocycles. The van der Waals surface area contributed by atoms with Gasteiger partial charge in [0.25, 0.3) is 0 Å². The molecule has 0 radical (unpaired) electrons. The van der Waals surface area contributed by atoms with Gasteiger partial charge in [-0.25, -0.2) is 8.42 Å². The van der Waals surface area contributed by atoms with E-state index in [1.807, 2.05) is 6.07 Å². The fourth-order valence-corrected chi connectivity index (χ4v) is 2.44. The minimum atomic E-state index is -3.19. The summed E-state index contributed by atoms with van der Waals surface area (Å²) in [6.07, 6.45) is -0.0312. The molecule has 0 aromatic heterocycles. The van der Waals surface area contributed by atoms with Crippen molar-refractivity contribution in [1.82, 2.24) is 0 Å². The largest absolute Gasteiger partial charge is 0.318 e. The first-order valence-corrected chi connectivity index (χ1v) is 7.61. The summed E-state index contributed by atoms with van der Waals surface area (Å²) in [4.78, 5) is 11.8. The van der Waals surface area contributed by atoms with Crippen LogP contribution in [-0.4, -0.2) is 25.2 Å². The standard InChI is InChI=1S/C13H19NO3S/c1-10(2)18(16,17)9-8-12(15)13(14)11-6-4-3-5-7-11/h3-7,10,13H,8-9,14H2,1-2H3/t13-/m1/s1. The number of Topliss-reactive ketones (excluding diaryl/α,β-unsaturated/α-hetero) is 1. The van der Waals surface area contributed by atoms with Crippen molar-refractivity contribution in [1.29, 1.82) is 0 Å². The molecule has 1 rings (SSSR count). The van der Waals surface area contributed by atoms with Crippen LogP contribution in [0.15, 0.2) is 30.3 Å². The second-order valence-electron chi connectivity index (χ2n) is 4.52. The average molecular weight is 269 g/mol. The molecule has 0 aliphatic rings. The monoisotopic (exact) mass is 269 g/mol. The number of sulfone groups is 1. The maximum atomic E-state index is 11.8. The number of carbonyl (C=O) groups is 1. The molecule has 0 amide bonds. The molecule has 1 aromatic rings. The number of hydrogen-bond acceptors (Lipinski definition) is 4. The highest BCUT2D eigenvalue weighted by molar-refractivity contribution is 7.91. The van der Waals surface area contributed by atoms with Crippen molar-refractivity contribution in [2.24, 2.45) is 5.73 Å². The number of rotatable bonds is 6. The van der Waals surface area contributed by atoms with Gasteiger partial charge in [0.2, 0.25) is 0 Å². The Morgan fingerprint density at radius 3 is 2.28 bits per heavy atom. The van der Waals surface area contributed by atoms with E-state index >= 15 is 0 Å². The van der Waals surface area contributed by atoms with Crippen molar-refractivity contribution in [2.45, 2.75) is 31.6 Å². The zero-order valence-corrected chi connectivity index (χ0v) is 11.5. The third-order valence-corrected chi connectivity index (χ3v) is 5.07. The van der Waals surface area contributed by atoms with E-state index in [2.05, 4.69) is 0 Å². The quantitative estimate of drug-likeness (QED) is 0.848. The van der Waals surface area contributed by atoms with E-state index in [9.17, 15) is 13.2 Å². The molecule has 5 heteroatoms. The van der Waals surface area contributed by atoms with Gasteiger partial charge in [0.05, 0.1) is 17.0 Å². The van der Waals surface area contributed by atoms with Crippen LogP contribution in [0.2, 0.25) is 0 Å². The summed E-state index contributed by atoms with van der Waals surface area (Å²) >= 11 is 0. The lowest BCUT2D eigenvalue weighted by Crippen LogP contribution is -2.26. The number of hydrogen-bond donors (Lipinski definition) is 1. The highest BCUT2D eigenvalue weighted by Crippen LogP contribution is 2.13. The lowest BCUT2D eigenvalue weighted by Gasteiger charge is -2.12. The number of nitrogens with two attached hydrogens (primary N) is 1. The molecule has 4 nitrogen and oxygen atoms in total. The van der Waals surface area contributed by atoms with Gasteiger partial charge >= 0.3 is 0 Å². The lowest BCUT2D eigenvalue weighted by molar-refractivity contribution is -0.120. The van der Waals surface area contributed by atoms with Crippen molar-refractivity contribution in [3.05, 3.63) is 35.9 Å². The molecule has 0 fully saturated rings. The minimum absolute atomic E-state index is 0.0312.